The van der Waals surface area contributed by atoms with E-state index in [2.05, 4.69) is 0 Å². The molecule has 1 aromatic carbocycles. The van der Waals surface area contributed by atoms with Crippen LogP contribution in [-0.4, -0.2) is 41.7 Å². The van der Waals surface area contributed by atoms with Gasteiger partial charge in [-0.15, -0.1) is 0 Å². The summed E-state index contributed by atoms with van der Waals surface area (Å²) in [7, 11) is 0. The number of hydrogen-bond donors (Lipinski definition) is 1. The molecule has 0 aliphatic carbocycles. The van der Waals surface area contributed by atoms with E-state index in [1.165, 1.54) is 0 Å². The Morgan fingerprint density at radius 2 is 2.18 bits per heavy atom. The third kappa shape index (κ3) is 3.05. The van der Waals surface area contributed by atoms with Gasteiger partial charge in [-0.25, -0.2) is 0 Å². The highest BCUT2D eigenvalue weighted by atomic mass is 16.5. The highest BCUT2D eigenvalue weighted by Gasteiger charge is 2.28. The Morgan fingerprint density at radius 1 is 1.47 bits per heavy atom. The maximum atomic E-state index is 10.8. The molecule has 4 heteroatoms. The molecule has 92 valence electrons. The lowest BCUT2D eigenvalue weighted by Gasteiger charge is -2.37. The van der Waals surface area contributed by atoms with Gasteiger partial charge < -0.3 is 9.84 Å². The van der Waals surface area contributed by atoms with Crippen LogP contribution in [0.25, 0.3) is 0 Å². The molecule has 0 unspecified atom stereocenters. The molecule has 1 aliphatic heterocycles. The predicted octanol–water partition coefficient (Wildman–Crippen LogP) is 1.53. The number of rotatable bonds is 3. The van der Waals surface area contributed by atoms with Gasteiger partial charge in [0, 0.05) is 12.6 Å². The van der Waals surface area contributed by atoms with E-state index in [0.717, 1.165) is 5.56 Å². The average molecular weight is 235 g/mol. The number of morpholine rings is 1. The summed E-state index contributed by atoms with van der Waals surface area (Å²) >= 11 is 0. The van der Waals surface area contributed by atoms with Crippen molar-refractivity contribution in [3.8, 4) is 0 Å². The van der Waals surface area contributed by atoms with Crippen LogP contribution in [0.3, 0.4) is 0 Å². The number of carboxylic acids is 1. The zero-order valence-corrected chi connectivity index (χ0v) is 9.87. The number of aliphatic carboxylic acids is 1. The van der Waals surface area contributed by atoms with E-state index in [9.17, 15) is 4.79 Å². The van der Waals surface area contributed by atoms with Crippen molar-refractivity contribution in [2.45, 2.75) is 19.1 Å². The summed E-state index contributed by atoms with van der Waals surface area (Å²) in [6.07, 6.45) is -0.0215. The first kappa shape index (κ1) is 12.1. The summed E-state index contributed by atoms with van der Waals surface area (Å²) in [5, 5.41) is 8.86. The Bertz CT molecular complexity index is 380. The molecule has 4 nitrogen and oxygen atoms in total. The molecular formula is C13H17NO3. The van der Waals surface area contributed by atoms with Gasteiger partial charge in [0.2, 0.25) is 0 Å². The second-order valence-electron chi connectivity index (χ2n) is 4.40. The smallest absolute Gasteiger partial charge is 0.317 e. The SMILES string of the molecule is C[C@H]1CO[C@H](c2ccccc2)CN1CC(=O)O. The summed E-state index contributed by atoms with van der Waals surface area (Å²) in [5.74, 6) is -0.787. The molecule has 1 heterocycles. The lowest BCUT2D eigenvalue weighted by molar-refractivity contribution is -0.142. The zero-order valence-electron chi connectivity index (χ0n) is 9.87. The van der Waals surface area contributed by atoms with E-state index < -0.39 is 5.97 Å². The largest absolute Gasteiger partial charge is 0.480 e. The van der Waals surface area contributed by atoms with E-state index in [0.29, 0.717) is 13.2 Å². The summed E-state index contributed by atoms with van der Waals surface area (Å²) in [5.41, 5.74) is 1.11. The predicted molar refractivity (Wildman–Crippen MR) is 63.8 cm³/mol. The fourth-order valence-electron chi connectivity index (χ4n) is 2.07. The van der Waals surface area contributed by atoms with Crippen LogP contribution in [0.15, 0.2) is 30.3 Å². The first-order valence-electron chi connectivity index (χ1n) is 5.79. The van der Waals surface area contributed by atoms with Crippen LogP contribution in [0.4, 0.5) is 0 Å². The van der Waals surface area contributed by atoms with Crippen molar-refractivity contribution >= 4 is 5.97 Å². The molecule has 0 bridgehead atoms. The van der Waals surface area contributed by atoms with Gasteiger partial charge in [-0.05, 0) is 12.5 Å². The van der Waals surface area contributed by atoms with Crippen molar-refractivity contribution in [2.24, 2.45) is 0 Å². The highest BCUT2D eigenvalue weighted by molar-refractivity contribution is 5.69. The van der Waals surface area contributed by atoms with E-state index in [1.54, 1.807) is 0 Å². The second-order valence-corrected chi connectivity index (χ2v) is 4.40. The lowest BCUT2D eigenvalue weighted by atomic mass is 10.1. The Balaban J connectivity index is 2.05. The minimum absolute atomic E-state index is 0.0215. The van der Waals surface area contributed by atoms with Crippen LogP contribution in [-0.2, 0) is 9.53 Å². The first-order valence-corrected chi connectivity index (χ1v) is 5.79. The topological polar surface area (TPSA) is 49.8 Å². The van der Waals surface area contributed by atoms with Gasteiger partial charge in [0.05, 0.1) is 19.3 Å². The maximum Gasteiger partial charge on any atom is 0.317 e. The molecule has 1 aromatic rings. The standard InChI is InChI=1S/C13H17NO3/c1-10-9-17-12(7-14(10)8-13(15)16)11-5-3-2-4-6-11/h2-6,10,12H,7-9H2,1H3,(H,15,16)/t10-,12-/m0/s1. The van der Waals surface area contributed by atoms with Gasteiger partial charge in [-0.2, -0.15) is 0 Å². The fraction of sp³-hybridized carbons (Fsp3) is 0.462. The van der Waals surface area contributed by atoms with Crippen molar-refractivity contribution in [3.05, 3.63) is 35.9 Å². The van der Waals surface area contributed by atoms with E-state index in [4.69, 9.17) is 9.84 Å². The van der Waals surface area contributed by atoms with E-state index in [1.807, 2.05) is 42.2 Å². The van der Waals surface area contributed by atoms with Crippen LogP contribution >= 0.6 is 0 Å². The van der Waals surface area contributed by atoms with E-state index >= 15 is 0 Å². The summed E-state index contributed by atoms with van der Waals surface area (Å²) in [6.45, 7) is 3.28. The molecule has 0 radical (unpaired) electrons. The highest BCUT2D eigenvalue weighted by Crippen LogP contribution is 2.24. The Labute approximate surface area is 101 Å². The average Bonchev–Trinajstić information content (AvgIpc) is 2.32. The van der Waals surface area contributed by atoms with Crippen LogP contribution < -0.4 is 0 Å². The van der Waals surface area contributed by atoms with Crippen molar-refractivity contribution in [1.82, 2.24) is 4.90 Å². The zero-order chi connectivity index (χ0) is 12.3. The Morgan fingerprint density at radius 3 is 2.82 bits per heavy atom. The fourth-order valence-corrected chi connectivity index (χ4v) is 2.07. The van der Waals surface area contributed by atoms with E-state index in [-0.39, 0.29) is 18.7 Å². The number of nitrogens with zero attached hydrogens (tertiary/aromatic N) is 1. The van der Waals surface area contributed by atoms with Crippen molar-refractivity contribution in [1.29, 1.82) is 0 Å². The molecule has 2 rings (SSSR count). The first-order chi connectivity index (χ1) is 8.16. The second kappa shape index (κ2) is 5.29. The molecule has 2 atom stereocenters. The van der Waals surface area contributed by atoms with Crippen LogP contribution in [0.5, 0.6) is 0 Å². The molecule has 1 N–H and O–H groups in total. The monoisotopic (exact) mass is 235 g/mol. The normalized spacial score (nSPS) is 25.7. The molecule has 1 aliphatic rings. The maximum absolute atomic E-state index is 10.8. The quantitative estimate of drug-likeness (QED) is 0.863. The number of carboxylic acid groups (broad SMARTS) is 1. The molecule has 1 fully saturated rings. The molecule has 0 amide bonds. The summed E-state index contributed by atoms with van der Waals surface area (Å²) in [6, 6.07) is 10.1. The summed E-state index contributed by atoms with van der Waals surface area (Å²) in [4.78, 5) is 12.7. The number of benzene rings is 1. The van der Waals surface area contributed by atoms with Crippen LogP contribution in [0.1, 0.15) is 18.6 Å². The van der Waals surface area contributed by atoms with Gasteiger partial charge in [0.15, 0.2) is 0 Å². The molecule has 0 aromatic heterocycles. The van der Waals surface area contributed by atoms with Gasteiger partial charge >= 0.3 is 5.97 Å². The number of hydrogen-bond acceptors (Lipinski definition) is 3. The lowest BCUT2D eigenvalue weighted by Crippen LogP contribution is -2.47. The third-order valence-electron chi connectivity index (χ3n) is 3.07. The van der Waals surface area contributed by atoms with Crippen molar-refractivity contribution in [2.75, 3.05) is 19.7 Å². The third-order valence-corrected chi connectivity index (χ3v) is 3.07. The van der Waals surface area contributed by atoms with Crippen molar-refractivity contribution in [3.63, 3.8) is 0 Å². The van der Waals surface area contributed by atoms with Gasteiger partial charge in [-0.1, -0.05) is 30.3 Å². The molecule has 0 saturated carbocycles. The minimum atomic E-state index is -0.787. The summed E-state index contributed by atoms with van der Waals surface area (Å²) < 4.78 is 5.75. The van der Waals surface area contributed by atoms with Crippen LogP contribution in [0, 0.1) is 0 Å². The molecular weight excluding hydrogens is 218 g/mol. The van der Waals surface area contributed by atoms with Crippen LogP contribution in [0.2, 0.25) is 0 Å². The van der Waals surface area contributed by atoms with Gasteiger partial charge in [-0.3, -0.25) is 9.69 Å². The number of carbonyl (C=O) groups is 1. The Hall–Kier alpha value is -1.39. The van der Waals surface area contributed by atoms with Gasteiger partial charge in [0.25, 0.3) is 0 Å². The van der Waals surface area contributed by atoms with Crippen molar-refractivity contribution < 1.29 is 14.6 Å². The Kier molecular flexibility index (Phi) is 3.76. The molecule has 17 heavy (non-hydrogen) atoms. The van der Waals surface area contributed by atoms with Gasteiger partial charge in [0.1, 0.15) is 0 Å². The molecule has 1 saturated heterocycles. The molecule has 0 spiro atoms. The minimum Gasteiger partial charge on any atom is -0.480 e. The number of ether oxygens (including phenoxy) is 1.